The number of nitrogens with zero attached hydrogens (tertiary/aromatic N) is 1. The first-order valence-corrected chi connectivity index (χ1v) is 8.94. The molecule has 0 spiro atoms. The predicted octanol–water partition coefficient (Wildman–Crippen LogP) is 1.73. The Bertz CT molecular complexity index is 560. The van der Waals surface area contributed by atoms with Gasteiger partial charge in [-0.25, -0.2) is 13.1 Å². The van der Waals surface area contributed by atoms with Crippen molar-refractivity contribution in [2.24, 2.45) is 0 Å². The van der Waals surface area contributed by atoms with Crippen molar-refractivity contribution in [3.05, 3.63) is 23.8 Å². The number of rotatable bonds is 6. The molecule has 1 aliphatic carbocycles. The van der Waals surface area contributed by atoms with Crippen LogP contribution in [0.3, 0.4) is 0 Å². The van der Waals surface area contributed by atoms with Gasteiger partial charge in [-0.05, 0) is 50.6 Å². The molecular formula is C15H25N3O2S. The molecule has 1 fully saturated rings. The molecule has 0 radical (unpaired) electrons. The molecule has 0 aromatic heterocycles. The maximum Gasteiger partial charge on any atom is 0.240 e. The van der Waals surface area contributed by atoms with Gasteiger partial charge in [0, 0.05) is 24.8 Å². The lowest BCUT2D eigenvalue weighted by Crippen LogP contribution is -2.37. The second-order valence-electron chi connectivity index (χ2n) is 5.90. The predicted molar refractivity (Wildman–Crippen MR) is 85.7 cm³/mol. The smallest absolute Gasteiger partial charge is 0.240 e. The third-order valence-corrected chi connectivity index (χ3v) is 5.53. The Morgan fingerprint density at radius 1 is 1.29 bits per heavy atom. The largest absolute Gasteiger partial charge is 0.399 e. The summed E-state index contributed by atoms with van der Waals surface area (Å²) in [4.78, 5) is 2.49. The lowest BCUT2D eigenvalue weighted by molar-refractivity contribution is 0.250. The summed E-state index contributed by atoms with van der Waals surface area (Å²) in [5, 5.41) is 0. The minimum Gasteiger partial charge on any atom is -0.399 e. The maximum atomic E-state index is 12.3. The first-order valence-electron chi connectivity index (χ1n) is 7.45. The van der Waals surface area contributed by atoms with E-state index in [0.29, 0.717) is 18.3 Å². The van der Waals surface area contributed by atoms with E-state index in [2.05, 4.69) is 16.7 Å². The summed E-state index contributed by atoms with van der Waals surface area (Å²) in [7, 11) is -1.42. The molecule has 0 atom stereocenters. The van der Waals surface area contributed by atoms with E-state index in [9.17, 15) is 8.42 Å². The highest BCUT2D eigenvalue weighted by molar-refractivity contribution is 7.89. The SMILES string of the molecule is Cc1cc(N)cc(S(=O)(=O)NCCN(C)C2CCCC2)c1. The molecule has 5 nitrogen and oxygen atoms in total. The molecule has 0 saturated heterocycles. The van der Waals surface area contributed by atoms with Gasteiger partial charge in [0.25, 0.3) is 0 Å². The van der Waals surface area contributed by atoms with Gasteiger partial charge in [-0.1, -0.05) is 12.8 Å². The van der Waals surface area contributed by atoms with Crippen LogP contribution < -0.4 is 10.5 Å². The topological polar surface area (TPSA) is 75.4 Å². The highest BCUT2D eigenvalue weighted by atomic mass is 32.2. The van der Waals surface area contributed by atoms with Crippen LogP contribution in [-0.2, 0) is 10.0 Å². The van der Waals surface area contributed by atoms with Crippen molar-refractivity contribution >= 4 is 15.7 Å². The molecule has 0 unspecified atom stereocenters. The molecule has 0 amide bonds. The summed E-state index contributed by atoms with van der Waals surface area (Å²) in [5.74, 6) is 0. The molecule has 6 heteroatoms. The minimum atomic E-state index is -3.48. The quantitative estimate of drug-likeness (QED) is 0.785. The second kappa shape index (κ2) is 6.77. The molecule has 1 aromatic rings. The lowest BCUT2D eigenvalue weighted by Gasteiger charge is -2.23. The number of hydrogen-bond acceptors (Lipinski definition) is 4. The number of anilines is 1. The van der Waals surface area contributed by atoms with Gasteiger partial charge in [-0.2, -0.15) is 0 Å². The minimum absolute atomic E-state index is 0.239. The molecule has 0 bridgehead atoms. The second-order valence-corrected chi connectivity index (χ2v) is 7.66. The summed E-state index contributed by atoms with van der Waals surface area (Å²) < 4.78 is 27.2. The van der Waals surface area contributed by atoms with Gasteiger partial charge in [0.1, 0.15) is 0 Å². The Labute approximate surface area is 127 Å². The molecule has 1 aromatic carbocycles. The first-order chi connectivity index (χ1) is 9.88. The van der Waals surface area contributed by atoms with Crippen LogP contribution in [0.1, 0.15) is 31.2 Å². The number of nitrogens with two attached hydrogens (primary N) is 1. The average Bonchev–Trinajstić information content (AvgIpc) is 2.91. The lowest BCUT2D eigenvalue weighted by atomic mass is 10.2. The molecule has 3 N–H and O–H groups in total. The number of hydrogen-bond donors (Lipinski definition) is 2. The fourth-order valence-electron chi connectivity index (χ4n) is 2.90. The third kappa shape index (κ3) is 4.43. The summed E-state index contributed by atoms with van der Waals surface area (Å²) in [5.41, 5.74) is 7.03. The number of sulfonamides is 1. The van der Waals surface area contributed by atoms with Crippen molar-refractivity contribution in [1.29, 1.82) is 0 Å². The fourth-order valence-corrected chi connectivity index (χ4v) is 4.06. The number of nitrogen functional groups attached to an aromatic ring is 1. The fraction of sp³-hybridized carbons (Fsp3) is 0.600. The zero-order chi connectivity index (χ0) is 15.5. The van der Waals surface area contributed by atoms with Crippen LogP contribution in [0.25, 0.3) is 0 Å². The van der Waals surface area contributed by atoms with E-state index in [-0.39, 0.29) is 4.90 Å². The summed E-state index contributed by atoms with van der Waals surface area (Å²) in [6, 6.07) is 5.49. The summed E-state index contributed by atoms with van der Waals surface area (Å²) >= 11 is 0. The van der Waals surface area contributed by atoms with E-state index in [0.717, 1.165) is 12.1 Å². The Kier molecular flexibility index (Phi) is 5.24. The van der Waals surface area contributed by atoms with Crippen molar-refractivity contribution in [2.75, 3.05) is 25.9 Å². The Morgan fingerprint density at radius 3 is 2.57 bits per heavy atom. The zero-order valence-corrected chi connectivity index (χ0v) is 13.6. The number of benzene rings is 1. The van der Waals surface area contributed by atoms with Crippen molar-refractivity contribution < 1.29 is 8.42 Å². The van der Waals surface area contributed by atoms with Crippen molar-refractivity contribution in [3.8, 4) is 0 Å². The van der Waals surface area contributed by atoms with Crippen LogP contribution in [0.2, 0.25) is 0 Å². The zero-order valence-electron chi connectivity index (χ0n) is 12.8. The number of nitrogens with one attached hydrogen (secondary N) is 1. The molecule has 2 rings (SSSR count). The third-order valence-electron chi connectivity index (χ3n) is 4.09. The van der Waals surface area contributed by atoms with Gasteiger partial charge in [0.2, 0.25) is 10.0 Å². The molecule has 118 valence electrons. The molecular weight excluding hydrogens is 286 g/mol. The normalized spacial score (nSPS) is 16.7. The maximum absolute atomic E-state index is 12.3. The van der Waals surface area contributed by atoms with Gasteiger partial charge in [0.15, 0.2) is 0 Å². The highest BCUT2D eigenvalue weighted by Gasteiger charge is 2.20. The van der Waals surface area contributed by atoms with Crippen LogP contribution in [0.15, 0.2) is 23.1 Å². The van der Waals surface area contributed by atoms with Crippen molar-refractivity contribution in [3.63, 3.8) is 0 Å². The molecule has 0 heterocycles. The van der Waals surface area contributed by atoms with Crippen LogP contribution in [0, 0.1) is 6.92 Å². The molecule has 1 saturated carbocycles. The van der Waals surface area contributed by atoms with Gasteiger partial charge in [-0.15, -0.1) is 0 Å². The Hall–Kier alpha value is -1.11. The van der Waals surface area contributed by atoms with Crippen LogP contribution in [0.4, 0.5) is 5.69 Å². The van der Waals surface area contributed by atoms with Crippen LogP contribution in [0.5, 0.6) is 0 Å². The van der Waals surface area contributed by atoms with Gasteiger partial charge >= 0.3 is 0 Å². The van der Waals surface area contributed by atoms with Crippen molar-refractivity contribution in [2.45, 2.75) is 43.5 Å². The summed E-state index contributed by atoms with van der Waals surface area (Å²) in [6.07, 6.45) is 5.00. The van der Waals surface area contributed by atoms with Gasteiger partial charge in [0.05, 0.1) is 4.90 Å². The van der Waals surface area contributed by atoms with E-state index in [1.807, 2.05) is 6.92 Å². The van der Waals surface area contributed by atoms with Crippen molar-refractivity contribution in [1.82, 2.24) is 9.62 Å². The van der Waals surface area contributed by atoms with E-state index >= 15 is 0 Å². The highest BCUT2D eigenvalue weighted by Crippen LogP contribution is 2.22. The van der Waals surface area contributed by atoms with E-state index in [1.54, 1.807) is 12.1 Å². The Balaban J connectivity index is 1.91. The van der Waals surface area contributed by atoms with E-state index in [1.165, 1.54) is 31.7 Å². The average molecular weight is 311 g/mol. The van der Waals surface area contributed by atoms with E-state index in [4.69, 9.17) is 5.73 Å². The standard InChI is InChI=1S/C15H25N3O2S/c1-12-9-13(16)11-15(10-12)21(19,20)17-7-8-18(2)14-5-3-4-6-14/h9-11,14,17H,3-8,16H2,1-2H3. The van der Waals surface area contributed by atoms with Crippen LogP contribution in [-0.4, -0.2) is 39.5 Å². The van der Waals surface area contributed by atoms with Gasteiger partial charge < -0.3 is 10.6 Å². The van der Waals surface area contributed by atoms with E-state index < -0.39 is 10.0 Å². The van der Waals surface area contributed by atoms with Gasteiger partial charge in [-0.3, -0.25) is 0 Å². The monoisotopic (exact) mass is 311 g/mol. The number of likely N-dealkylation sites (N-methyl/N-ethyl adjacent to an activating group) is 1. The molecule has 0 aliphatic heterocycles. The molecule has 1 aliphatic rings. The van der Waals surface area contributed by atoms with Crippen LogP contribution >= 0.6 is 0 Å². The Morgan fingerprint density at radius 2 is 1.95 bits per heavy atom. The molecule has 21 heavy (non-hydrogen) atoms. The first kappa shape index (κ1) is 16.3. The number of aryl methyl sites for hydroxylation is 1. The summed E-state index contributed by atoms with van der Waals surface area (Å²) in [6.45, 7) is 2.98.